The van der Waals surface area contributed by atoms with Crippen LogP contribution < -0.4 is 10.6 Å². The molecule has 2 N–H and O–H groups in total. The van der Waals surface area contributed by atoms with E-state index in [1.165, 1.54) is 5.56 Å². The zero-order chi connectivity index (χ0) is 22.1. The van der Waals surface area contributed by atoms with Crippen LogP contribution >= 0.6 is 23.6 Å². The molecular weight excluding hydrogens is 420 g/mol. The van der Waals surface area contributed by atoms with E-state index in [-0.39, 0.29) is 13.2 Å². The normalized spacial score (nSPS) is 10.4. The minimum atomic E-state index is -0.504. The summed E-state index contributed by atoms with van der Waals surface area (Å²) in [5.74, 6) is -0.974. The van der Waals surface area contributed by atoms with Crippen molar-refractivity contribution >= 4 is 51.3 Å². The van der Waals surface area contributed by atoms with Crippen molar-refractivity contribution in [3.63, 3.8) is 0 Å². The molecular formula is C22H28N2O4S2. The number of hydrogen-bond donors (Lipinski definition) is 2. The average Bonchev–Trinajstić information content (AvgIpc) is 3.03. The highest BCUT2D eigenvalue weighted by molar-refractivity contribution is 7.80. The van der Waals surface area contributed by atoms with E-state index in [9.17, 15) is 9.59 Å². The summed E-state index contributed by atoms with van der Waals surface area (Å²) < 4.78 is 10.3. The quantitative estimate of drug-likeness (QED) is 0.384. The molecule has 0 amide bonds. The van der Waals surface area contributed by atoms with E-state index in [2.05, 4.69) is 23.6 Å². The molecule has 0 aliphatic rings. The highest BCUT2D eigenvalue weighted by atomic mass is 32.1. The second-order valence-electron chi connectivity index (χ2n) is 6.54. The number of carbonyl (C=O) groups is 2. The first-order chi connectivity index (χ1) is 14.4. The Hall–Kier alpha value is -2.45. The molecule has 1 aromatic heterocycles. The zero-order valence-electron chi connectivity index (χ0n) is 17.8. The first-order valence-corrected chi connectivity index (χ1v) is 11.3. The van der Waals surface area contributed by atoms with Gasteiger partial charge in [-0.2, -0.15) is 0 Å². The third-order valence-corrected chi connectivity index (χ3v) is 5.77. The number of esters is 2. The van der Waals surface area contributed by atoms with E-state index in [4.69, 9.17) is 21.7 Å². The van der Waals surface area contributed by atoms with Gasteiger partial charge in [0.05, 0.1) is 18.8 Å². The standard InChI is InChI=1S/C22H28N2O4S2/c1-5-8-11-15-12-9-10-13-16(15)23-22(29)24-19-17(20(25)27-6-2)14(4)18(30-19)21(26)28-7-3/h9-10,12-13H,5-8,11H2,1-4H3,(H2,23,24,29). The Morgan fingerprint density at radius 2 is 1.70 bits per heavy atom. The Bertz CT molecular complexity index is 909. The summed E-state index contributed by atoms with van der Waals surface area (Å²) in [6.45, 7) is 7.81. The number of thiocarbonyl (C=S) groups is 1. The van der Waals surface area contributed by atoms with Gasteiger partial charge in [0.2, 0.25) is 0 Å². The topological polar surface area (TPSA) is 76.7 Å². The molecule has 0 fully saturated rings. The SMILES string of the molecule is CCCCc1ccccc1NC(=S)Nc1sc(C(=O)OCC)c(C)c1C(=O)OCC. The summed E-state index contributed by atoms with van der Waals surface area (Å²) >= 11 is 6.62. The predicted octanol–water partition coefficient (Wildman–Crippen LogP) is 5.56. The lowest BCUT2D eigenvalue weighted by Crippen LogP contribution is -2.21. The Kier molecular flexibility index (Phi) is 9.26. The van der Waals surface area contributed by atoms with Gasteiger partial charge < -0.3 is 20.1 Å². The lowest BCUT2D eigenvalue weighted by atomic mass is 10.1. The molecule has 0 bridgehead atoms. The minimum absolute atomic E-state index is 0.232. The number of hydrogen-bond acceptors (Lipinski definition) is 6. The number of rotatable bonds is 9. The van der Waals surface area contributed by atoms with Gasteiger partial charge in [0.15, 0.2) is 5.11 Å². The first-order valence-electron chi connectivity index (χ1n) is 10.1. The molecule has 8 heteroatoms. The molecule has 0 aliphatic carbocycles. The number of thiophene rings is 1. The van der Waals surface area contributed by atoms with E-state index < -0.39 is 11.9 Å². The number of nitrogens with one attached hydrogen (secondary N) is 2. The van der Waals surface area contributed by atoms with Gasteiger partial charge >= 0.3 is 11.9 Å². The van der Waals surface area contributed by atoms with Gasteiger partial charge in [-0.05, 0) is 63.0 Å². The van der Waals surface area contributed by atoms with E-state index >= 15 is 0 Å². The monoisotopic (exact) mass is 448 g/mol. The van der Waals surface area contributed by atoms with Crippen molar-refractivity contribution in [2.24, 2.45) is 0 Å². The fourth-order valence-electron chi connectivity index (χ4n) is 2.93. The van der Waals surface area contributed by atoms with Crippen molar-refractivity contribution < 1.29 is 19.1 Å². The summed E-state index contributed by atoms with van der Waals surface area (Å²) in [6, 6.07) is 7.98. The first kappa shape index (κ1) is 23.8. The van der Waals surface area contributed by atoms with Crippen LogP contribution in [0.15, 0.2) is 24.3 Å². The molecule has 2 aromatic rings. The summed E-state index contributed by atoms with van der Waals surface area (Å²) in [5, 5.41) is 7.07. The molecule has 0 unspecified atom stereocenters. The molecule has 0 saturated heterocycles. The number of ether oxygens (including phenoxy) is 2. The fourth-order valence-corrected chi connectivity index (χ4v) is 4.30. The van der Waals surface area contributed by atoms with Crippen LogP contribution in [0.5, 0.6) is 0 Å². The molecule has 1 heterocycles. The molecule has 1 aromatic carbocycles. The van der Waals surface area contributed by atoms with E-state index in [0.29, 0.717) is 26.1 Å². The third kappa shape index (κ3) is 6.03. The second kappa shape index (κ2) is 11.7. The number of aryl methyl sites for hydroxylation is 1. The smallest absolute Gasteiger partial charge is 0.348 e. The fraction of sp³-hybridized carbons (Fsp3) is 0.409. The van der Waals surface area contributed by atoms with Crippen molar-refractivity contribution in [3.8, 4) is 0 Å². The van der Waals surface area contributed by atoms with Crippen LogP contribution in [0.3, 0.4) is 0 Å². The molecule has 2 rings (SSSR count). The molecule has 0 radical (unpaired) electrons. The Balaban J connectivity index is 2.28. The van der Waals surface area contributed by atoms with Crippen molar-refractivity contribution in [1.29, 1.82) is 0 Å². The number of carbonyl (C=O) groups excluding carboxylic acids is 2. The number of benzene rings is 1. The highest BCUT2D eigenvalue weighted by Crippen LogP contribution is 2.34. The molecule has 6 nitrogen and oxygen atoms in total. The molecule has 0 spiro atoms. The van der Waals surface area contributed by atoms with Gasteiger partial charge in [-0.25, -0.2) is 9.59 Å². The molecule has 0 aliphatic heterocycles. The summed E-state index contributed by atoms with van der Waals surface area (Å²) in [5.41, 5.74) is 2.91. The van der Waals surface area contributed by atoms with Crippen molar-refractivity contribution in [1.82, 2.24) is 0 Å². The summed E-state index contributed by atoms with van der Waals surface area (Å²) in [7, 11) is 0. The van der Waals surface area contributed by atoms with E-state index in [0.717, 1.165) is 36.3 Å². The molecule has 30 heavy (non-hydrogen) atoms. The van der Waals surface area contributed by atoms with Crippen LogP contribution in [0, 0.1) is 6.92 Å². The second-order valence-corrected chi connectivity index (χ2v) is 7.97. The Labute approximate surface area is 187 Å². The average molecular weight is 449 g/mol. The van der Waals surface area contributed by atoms with Crippen LogP contribution in [0.2, 0.25) is 0 Å². The Morgan fingerprint density at radius 3 is 2.37 bits per heavy atom. The minimum Gasteiger partial charge on any atom is -0.462 e. The maximum atomic E-state index is 12.5. The number of anilines is 2. The Morgan fingerprint density at radius 1 is 1.03 bits per heavy atom. The van der Waals surface area contributed by atoms with Crippen molar-refractivity contribution in [2.75, 3.05) is 23.8 Å². The molecule has 0 atom stereocenters. The van der Waals surface area contributed by atoms with Gasteiger partial charge in [0.1, 0.15) is 9.88 Å². The van der Waals surface area contributed by atoms with Gasteiger partial charge in [0, 0.05) is 5.69 Å². The largest absolute Gasteiger partial charge is 0.462 e. The van der Waals surface area contributed by atoms with E-state index in [1.807, 2.05) is 18.2 Å². The van der Waals surface area contributed by atoms with Crippen LogP contribution in [0.4, 0.5) is 10.7 Å². The maximum Gasteiger partial charge on any atom is 0.348 e. The third-order valence-electron chi connectivity index (χ3n) is 4.38. The van der Waals surface area contributed by atoms with Crippen molar-refractivity contribution in [3.05, 3.63) is 45.8 Å². The zero-order valence-corrected chi connectivity index (χ0v) is 19.4. The highest BCUT2D eigenvalue weighted by Gasteiger charge is 2.26. The number of unbranched alkanes of at least 4 members (excludes halogenated alkanes) is 1. The van der Waals surface area contributed by atoms with Crippen LogP contribution in [-0.4, -0.2) is 30.3 Å². The summed E-state index contributed by atoms with van der Waals surface area (Å²) in [6.07, 6.45) is 3.13. The lowest BCUT2D eigenvalue weighted by Gasteiger charge is -2.14. The predicted molar refractivity (Wildman–Crippen MR) is 126 cm³/mol. The van der Waals surface area contributed by atoms with Gasteiger partial charge in [-0.3, -0.25) is 0 Å². The van der Waals surface area contributed by atoms with Gasteiger partial charge in [-0.1, -0.05) is 31.5 Å². The summed E-state index contributed by atoms with van der Waals surface area (Å²) in [4.78, 5) is 25.2. The van der Waals surface area contributed by atoms with E-state index in [1.54, 1.807) is 20.8 Å². The maximum absolute atomic E-state index is 12.5. The lowest BCUT2D eigenvalue weighted by molar-refractivity contribution is 0.0527. The van der Waals surface area contributed by atoms with Crippen LogP contribution in [0.25, 0.3) is 0 Å². The molecule has 162 valence electrons. The van der Waals surface area contributed by atoms with Gasteiger partial charge in [0.25, 0.3) is 0 Å². The van der Waals surface area contributed by atoms with Crippen LogP contribution in [0.1, 0.15) is 64.8 Å². The van der Waals surface area contributed by atoms with Crippen LogP contribution in [-0.2, 0) is 15.9 Å². The number of para-hydroxylation sites is 1. The van der Waals surface area contributed by atoms with Crippen molar-refractivity contribution in [2.45, 2.75) is 47.0 Å². The molecule has 0 saturated carbocycles. The van der Waals surface area contributed by atoms with Gasteiger partial charge in [-0.15, -0.1) is 11.3 Å².